The highest BCUT2D eigenvalue weighted by Crippen LogP contribution is 2.99. The highest BCUT2D eigenvalue weighted by atomic mass is 32.4. The summed E-state index contributed by atoms with van der Waals surface area (Å²) in [5, 5.41) is 5.04. The van der Waals surface area contributed by atoms with Gasteiger partial charge < -0.3 is 9.80 Å². The highest BCUT2D eigenvalue weighted by molar-refractivity contribution is 8.64. The molecule has 1 fully saturated rings. The van der Waals surface area contributed by atoms with E-state index in [9.17, 15) is 0 Å². The lowest BCUT2D eigenvalue weighted by Crippen LogP contribution is -2.41. The van der Waals surface area contributed by atoms with Crippen LogP contribution in [0.4, 0.5) is 28.4 Å². The van der Waals surface area contributed by atoms with Crippen molar-refractivity contribution < 1.29 is 0 Å². The van der Waals surface area contributed by atoms with Crippen molar-refractivity contribution in [1.29, 1.82) is 0 Å². The number of fused-ring (bicyclic) bond motifs is 11. The Morgan fingerprint density at radius 3 is 1.85 bits per heavy atom. The number of nitrogens with zero attached hydrogens (tertiary/aromatic N) is 2. The van der Waals surface area contributed by atoms with Crippen molar-refractivity contribution >= 4 is 70.4 Å². The number of hydrogen-bond acceptors (Lipinski definition) is 2. The molecule has 0 aromatic heterocycles. The zero-order chi connectivity index (χ0) is 48.7. The first kappa shape index (κ1) is 44.4. The molecule has 3 heteroatoms. The summed E-state index contributed by atoms with van der Waals surface area (Å²) >= 11 is 0. The van der Waals surface area contributed by atoms with E-state index in [1.807, 2.05) is 0 Å². The molecule has 1 atom stereocenters. The lowest BCUT2D eigenvalue weighted by atomic mass is 9.67. The van der Waals surface area contributed by atoms with Crippen molar-refractivity contribution in [2.45, 2.75) is 47.8 Å². The fraction of sp³-hybridized carbons (Fsp3) is 0.159. The van der Waals surface area contributed by atoms with Gasteiger partial charge in [-0.2, -0.15) is 0 Å². The summed E-state index contributed by atoms with van der Waals surface area (Å²) in [6, 6.07) is 71.5. The fourth-order valence-corrected chi connectivity index (χ4v) is 20.9. The van der Waals surface area contributed by atoms with E-state index in [0.29, 0.717) is 0 Å². The molecule has 0 amide bonds. The van der Waals surface area contributed by atoms with Crippen LogP contribution in [0.15, 0.2) is 234 Å². The average Bonchev–Trinajstić information content (AvgIpc) is 3.96. The van der Waals surface area contributed by atoms with Crippen molar-refractivity contribution in [3.63, 3.8) is 0 Å². The fourth-order valence-electron chi connectivity index (χ4n) is 13.8. The molecular weight excluding hydrogens is 889 g/mol. The molecule has 3 aliphatic heterocycles. The zero-order valence-electron chi connectivity index (χ0n) is 41.8. The van der Waals surface area contributed by atoms with Gasteiger partial charge in [0.2, 0.25) is 0 Å². The quantitative estimate of drug-likeness (QED) is 0.0851. The third-order valence-electron chi connectivity index (χ3n) is 17.4. The molecule has 1 aliphatic carbocycles. The maximum Gasteiger partial charge on any atom is 0.0708 e. The zero-order valence-corrected chi connectivity index (χ0v) is 42.6. The average molecular weight is 951 g/mol. The Morgan fingerprint density at radius 2 is 1.12 bits per heavy atom. The smallest absolute Gasteiger partial charge is 0.0708 e. The van der Waals surface area contributed by atoms with Crippen LogP contribution in [0.3, 0.4) is 0 Å². The molecule has 0 N–H and O–H groups in total. The molecule has 72 heavy (non-hydrogen) atoms. The van der Waals surface area contributed by atoms with Gasteiger partial charge in [0.25, 0.3) is 0 Å². The van der Waals surface area contributed by atoms with E-state index in [2.05, 4.69) is 254 Å². The molecule has 9 aromatic rings. The van der Waals surface area contributed by atoms with Gasteiger partial charge in [-0.3, -0.25) is 0 Å². The van der Waals surface area contributed by atoms with Crippen LogP contribution in [-0.4, -0.2) is 30.6 Å². The molecule has 354 valence electrons. The Morgan fingerprint density at radius 1 is 0.542 bits per heavy atom. The SMILES string of the molecule is C=C(/C=C\C=C/C)C1(c2ccccc2)c2cc(/C=C/c3ccc4c(ccc5cc(N6c7ccccc7S7(C)(C)(CCCC7)c7ccccc76)ccc54)c3)ccc2-c2ccc(N3CCCc4ccccc43)cc21. The van der Waals surface area contributed by atoms with Gasteiger partial charge in [-0.25, -0.2) is 8.29 Å². The normalized spacial score (nSPS) is 19.9. The standard InChI is InChI=1S/C69H62N2S/c1-5-6-8-20-49(2)69(55-23-9-7-10-24-55)62-46-51(33-39-60(62)61-41-36-56(48-63(61)69)70-42-19-22-52-21-11-12-25-64(52)70)31-30-50-32-38-58-53(45-50)34-35-54-47-57(37-40-59(54)58)71-65-26-13-15-28-67(65)72(3,4,43-17-18-44-72)68-29-16-14-27-66(68)71/h5-16,20-21,23-41,45-48H,2,17-19,22,42-44H2,1,3-4H3/b6-5-,20-8-,31-30+. The molecule has 1 unspecified atom stereocenters. The first-order valence-electron chi connectivity index (χ1n) is 26.0. The summed E-state index contributed by atoms with van der Waals surface area (Å²) in [7, 11) is -2.76. The Balaban J connectivity index is 0.868. The highest BCUT2D eigenvalue weighted by Gasteiger charge is 2.61. The van der Waals surface area contributed by atoms with Crippen LogP contribution in [0, 0.1) is 0 Å². The van der Waals surface area contributed by atoms with E-state index in [4.69, 9.17) is 6.58 Å². The number of rotatable bonds is 8. The number of anilines is 5. The molecule has 0 saturated carbocycles. The monoisotopic (exact) mass is 950 g/mol. The number of allylic oxidation sites excluding steroid dienone is 5. The molecule has 0 bridgehead atoms. The minimum Gasteiger partial charge on any atom is -0.341 e. The largest absolute Gasteiger partial charge is 0.341 e. The molecule has 13 rings (SSSR count). The van der Waals surface area contributed by atoms with E-state index in [0.717, 1.165) is 30.5 Å². The van der Waals surface area contributed by atoms with Gasteiger partial charge in [-0.05, 0) is 195 Å². The maximum atomic E-state index is 4.92. The second-order valence-electron chi connectivity index (χ2n) is 21.9. The predicted octanol–water partition coefficient (Wildman–Crippen LogP) is 18.4. The first-order chi connectivity index (χ1) is 35.1. The van der Waals surface area contributed by atoms with Crippen molar-refractivity contribution in [1.82, 2.24) is 0 Å². The van der Waals surface area contributed by atoms with Crippen molar-refractivity contribution in [2.24, 2.45) is 0 Å². The third kappa shape index (κ3) is 6.42. The summed E-state index contributed by atoms with van der Waals surface area (Å²) in [5.41, 5.74) is 16.9. The van der Waals surface area contributed by atoms with E-state index >= 15 is 0 Å². The second-order valence-corrected chi connectivity index (χ2v) is 30.1. The number of benzene rings is 9. The Hall–Kier alpha value is -7.59. The Labute approximate surface area is 425 Å². The van der Waals surface area contributed by atoms with Gasteiger partial charge in [-0.15, -0.1) is 0 Å². The molecule has 3 heterocycles. The van der Waals surface area contributed by atoms with Crippen LogP contribution >= 0.6 is 8.29 Å². The molecule has 9 aromatic carbocycles. The summed E-state index contributed by atoms with van der Waals surface area (Å²) in [6.45, 7) is 7.98. The lowest BCUT2D eigenvalue weighted by Gasteiger charge is -2.76. The minimum atomic E-state index is -2.76. The van der Waals surface area contributed by atoms with Gasteiger partial charge in [0.15, 0.2) is 0 Å². The van der Waals surface area contributed by atoms with Crippen molar-refractivity contribution in [2.75, 3.05) is 40.4 Å². The maximum absolute atomic E-state index is 4.92. The molecular formula is C69H62N2S. The molecule has 1 saturated heterocycles. The van der Waals surface area contributed by atoms with Gasteiger partial charge >= 0.3 is 0 Å². The molecule has 4 aliphatic rings. The summed E-state index contributed by atoms with van der Waals surface area (Å²) in [4.78, 5) is 8.19. The summed E-state index contributed by atoms with van der Waals surface area (Å²) in [6.07, 6.45) is 23.3. The minimum absolute atomic E-state index is 0.597. The Kier molecular flexibility index (Phi) is 9.99. The molecule has 1 spiro atoms. The van der Waals surface area contributed by atoms with E-state index < -0.39 is 13.7 Å². The first-order valence-corrected chi connectivity index (χ1v) is 29.6. The predicted molar refractivity (Wildman–Crippen MR) is 313 cm³/mol. The number of hydrogen-bond donors (Lipinski definition) is 0. The van der Waals surface area contributed by atoms with Gasteiger partial charge in [-0.1, -0.05) is 164 Å². The van der Waals surface area contributed by atoms with Crippen molar-refractivity contribution in [3.8, 4) is 11.1 Å². The van der Waals surface area contributed by atoms with Crippen LogP contribution in [0.1, 0.15) is 59.6 Å². The lowest BCUT2D eigenvalue weighted by molar-refractivity contribution is 0.756. The Bertz CT molecular complexity index is 3750. The number of para-hydroxylation sites is 3. The van der Waals surface area contributed by atoms with E-state index in [1.165, 1.54) is 113 Å². The number of aryl methyl sites for hydroxylation is 1. The van der Waals surface area contributed by atoms with Crippen molar-refractivity contribution in [3.05, 3.63) is 258 Å². The third-order valence-corrected chi connectivity index (χ3v) is 25.1. The van der Waals surface area contributed by atoms with Gasteiger partial charge in [0.05, 0.1) is 16.8 Å². The van der Waals surface area contributed by atoms with Crippen LogP contribution in [-0.2, 0) is 11.8 Å². The second kappa shape index (κ2) is 16.2. The van der Waals surface area contributed by atoms with Gasteiger partial charge in [0.1, 0.15) is 0 Å². The van der Waals surface area contributed by atoms with Crippen LogP contribution < -0.4 is 9.80 Å². The van der Waals surface area contributed by atoms with Crippen LogP contribution in [0.25, 0.3) is 44.8 Å². The topological polar surface area (TPSA) is 6.48 Å². The van der Waals surface area contributed by atoms with Crippen LogP contribution in [0.5, 0.6) is 0 Å². The summed E-state index contributed by atoms with van der Waals surface area (Å²) < 4.78 is 0. The van der Waals surface area contributed by atoms with E-state index in [1.54, 1.807) is 9.79 Å². The summed E-state index contributed by atoms with van der Waals surface area (Å²) in [5.74, 6) is 2.53. The molecule has 0 radical (unpaired) electrons. The van der Waals surface area contributed by atoms with E-state index in [-0.39, 0.29) is 0 Å². The van der Waals surface area contributed by atoms with Gasteiger partial charge in [0, 0.05) is 33.4 Å². The molecule has 2 nitrogen and oxygen atoms in total. The van der Waals surface area contributed by atoms with Crippen LogP contribution in [0.2, 0.25) is 0 Å².